The summed E-state index contributed by atoms with van der Waals surface area (Å²) in [6.07, 6.45) is 5.61. The van der Waals surface area contributed by atoms with Gasteiger partial charge in [-0.25, -0.2) is 4.98 Å². The number of pyridine rings is 1. The summed E-state index contributed by atoms with van der Waals surface area (Å²) < 4.78 is 1.96. The maximum absolute atomic E-state index is 13.2. The Kier molecular flexibility index (Phi) is 3.91. The standard InChI is InChI=1S/C19H18N4O3/c1-13-16(5-4-6-17(13)23(25)26)19(24)22(14-8-9-14)12-15-11-20-18-7-2-3-10-21(15)18/h2-7,10-11,14H,8-9,12H2,1H3. The van der Waals surface area contributed by atoms with E-state index >= 15 is 0 Å². The van der Waals surface area contributed by atoms with Gasteiger partial charge in [0.25, 0.3) is 11.6 Å². The molecule has 1 aliphatic rings. The maximum atomic E-state index is 13.2. The molecule has 3 aromatic rings. The number of rotatable bonds is 5. The fourth-order valence-electron chi connectivity index (χ4n) is 3.24. The zero-order valence-corrected chi connectivity index (χ0v) is 14.3. The zero-order chi connectivity index (χ0) is 18.3. The monoisotopic (exact) mass is 350 g/mol. The van der Waals surface area contributed by atoms with E-state index in [2.05, 4.69) is 4.98 Å². The number of fused-ring (bicyclic) bond motifs is 1. The van der Waals surface area contributed by atoms with Crippen LogP contribution in [0, 0.1) is 17.0 Å². The first-order chi connectivity index (χ1) is 12.6. The lowest BCUT2D eigenvalue weighted by Crippen LogP contribution is -2.33. The minimum atomic E-state index is -0.446. The van der Waals surface area contributed by atoms with Crippen LogP contribution in [0.25, 0.3) is 5.65 Å². The minimum Gasteiger partial charge on any atom is -0.330 e. The van der Waals surface area contributed by atoms with Gasteiger partial charge in [-0.1, -0.05) is 12.1 Å². The number of carbonyl (C=O) groups excluding carboxylic acids is 1. The number of hydrogen-bond acceptors (Lipinski definition) is 4. The third-order valence-electron chi connectivity index (χ3n) is 4.81. The average Bonchev–Trinajstić information content (AvgIpc) is 3.40. The molecule has 1 amide bonds. The first-order valence-electron chi connectivity index (χ1n) is 8.52. The van der Waals surface area contributed by atoms with E-state index in [-0.39, 0.29) is 17.6 Å². The summed E-state index contributed by atoms with van der Waals surface area (Å²) in [5.41, 5.74) is 2.52. The van der Waals surface area contributed by atoms with E-state index in [9.17, 15) is 14.9 Å². The Morgan fingerprint density at radius 3 is 2.85 bits per heavy atom. The number of imidazole rings is 1. The number of carbonyl (C=O) groups is 1. The van der Waals surface area contributed by atoms with Crippen molar-refractivity contribution < 1.29 is 9.72 Å². The van der Waals surface area contributed by atoms with Gasteiger partial charge in [0, 0.05) is 29.4 Å². The summed E-state index contributed by atoms with van der Waals surface area (Å²) in [6, 6.07) is 10.6. The summed E-state index contributed by atoms with van der Waals surface area (Å²) in [4.78, 5) is 30.1. The van der Waals surface area contributed by atoms with E-state index in [0.29, 0.717) is 17.7 Å². The van der Waals surface area contributed by atoms with Crippen LogP contribution < -0.4 is 0 Å². The molecule has 0 spiro atoms. The minimum absolute atomic E-state index is 0.0265. The summed E-state index contributed by atoms with van der Waals surface area (Å²) in [5, 5.41) is 11.2. The lowest BCUT2D eigenvalue weighted by Gasteiger charge is -2.23. The molecule has 2 aromatic heterocycles. The average molecular weight is 350 g/mol. The van der Waals surface area contributed by atoms with E-state index in [1.165, 1.54) is 6.07 Å². The van der Waals surface area contributed by atoms with E-state index in [1.54, 1.807) is 25.3 Å². The predicted octanol–water partition coefficient (Wildman–Crippen LogP) is 3.36. The molecule has 1 aromatic carbocycles. The molecule has 7 heteroatoms. The summed E-state index contributed by atoms with van der Waals surface area (Å²) in [7, 11) is 0. The fraction of sp³-hybridized carbons (Fsp3) is 0.263. The number of hydrogen-bond donors (Lipinski definition) is 0. The smallest absolute Gasteiger partial charge is 0.273 e. The van der Waals surface area contributed by atoms with E-state index in [0.717, 1.165) is 24.2 Å². The molecule has 0 atom stereocenters. The van der Waals surface area contributed by atoms with Crippen molar-refractivity contribution in [3.63, 3.8) is 0 Å². The van der Waals surface area contributed by atoms with Crippen molar-refractivity contribution in [1.29, 1.82) is 0 Å². The Hall–Kier alpha value is -3.22. The van der Waals surface area contributed by atoms with E-state index in [1.807, 2.05) is 33.7 Å². The maximum Gasteiger partial charge on any atom is 0.273 e. The molecule has 132 valence electrons. The van der Waals surface area contributed by atoms with Crippen molar-refractivity contribution in [3.8, 4) is 0 Å². The third kappa shape index (κ3) is 2.81. The molecule has 1 aliphatic carbocycles. The molecule has 0 bridgehead atoms. The Balaban J connectivity index is 1.68. The van der Waals surface area contributed by atoms with E-state index in [4.69, 9.17) is 0 Å². The largest absolute Gasteiger partial charge is 0.330 e. The highest BCUT2D eigenvalue weighted by molar-refractivity contribution is 5.97. The molecule has 0 aliphatic heterocycles. The van der Waals surface area contributed by atoms with Crippen LogP contribution in [0.15, 0.2) is 48.8 Å². The van der Waals surface area contributed by atoms with Crippen molar-refractivity contribution in [3.05, 3.63) is 75.7 Å². The van der Waals surface area contributed by atoms with Crippen LogP contribution in [-0.4, -0.2) is 31.2 Å². The van der Waals surface area contributed by atoms with Crippen molar-refractivity contribution in [2.24, 2.45) is 0 Å². The molecular formula is C19H18N4O3. The lowest BCUT2D eigenvalue weighted by atomic mass is 10.1. The first-order valence-corrected chi connectivity index (χ1v) is 8.52. The third-order valence-corrected chi connectivity index (χ3v) is 4.81. The quantitative estimate of drug-likeness (QED) is 0.522. The molecule has 2 heterocycles. The molecule has 26 heavy (non-hydrogen) atoms. The van der Waals surface area contributed by atoms with Crippen LogP contribution in [0.2, 0.25) is 0 Å². The Morgan fingerprint density at radius 2 is 2.12 bits per heavy atom. The van der Waals surface area contributed by atoms with Gasteiger partial charge in [-0.05, 0) is 38.0 Å². The molecule has 4 rings (SSSR count). The first kappa shape index (κ1) is 16.3. The highest BCUT2D eigenvalue weighted by atomic mass is 16.6. The highest BCUT2D eigenvalue weighted by Crippen LogP contribution is 2.31. The van der Waals surface area contributed by atoms with Gasteiger partial charge in [0.15, 0.2) is 0 Å². The van der Waals surface area contributed by atoms with Crippen LogP contribution in [0.3, 0.4) is 0 Å². The lowest BCUT2D eigenvalue weighted by molar-refractivity contribution is -0.385. The molecule has 0 unspecified atom stereocenters. The van der Waals surface area contributed by atoms with Gasteiger partial charge in [-0.2, -0.15) is 0 Å². The second-order valence-electron chi connectivity index (χ2n) is 6.55. The normalized spacial score (nSPS) is 13.7. The van der Waals surface area contributed by atoms with Gasteiger partial charge in [-0.3, -0.25) is 14.9 Å². The number of nitro groups is 1. The highest BCUT2D eigenvalue weighted by Gasteiger charge is 2.35. The second-order valence-corrected chi connectivity index (χ2v) is 6.55. The Bertz CT molecular complexity index is 1010. The van der Waals surface area contributed by atoms with Crippen LogP contribution in [0.1, 0.15) is 34.5 Å². The summed E-state index contributed by atoms with van der Waals surface area (Å²) >= 11 is 0. The van der Waals surface area contributed by atoms with Crippen molar-refractivity contribution in [1.82, 2.24) is 14.3 Å². The second kappa shape index (κ2) is 6.25. The van der Waals surface area contributed by atoms with Crippen LogP contribution in [0.5, 0.6) is 0 Å². The molecule has 0 saturated heterocycles. The summed E-state index contributed by atoms with van der Waals surface area (Å²) in [6.45, 7) is 2.06. The SMILES string of the molecule is Cc1c(C(=O)N(Cc2cnc3ccccn23)C2CC2)cccc1[N+](=O)[O-]. The molecule has 7 nitrogen and oxygen atoms in total. The van der Waals surface area contributed by atoms with Gasteiger partial charge in [0.05, 0.1) is 23.4 Å². The van der Waals surface area contributed by atoms with Crippen molar-refractivity contribution in [2.75, 3.05) is 0 Å². The van der Waals surface area contributed by atoms with Crippen molar-refractivity contribution >= 4 is 17.2 Å². The zero-order valence-electron chi connectivity index (χ0n) is 14.3. The fourth-order valence-corrected chi connectivity index (χ4v) is 3.24. The predicted molar refractivity (Wildman–Crippen MR) is 95.9 cm³/mol. The Morgan fingerprint density at radius 1 is 1.31 bits per heavy atom. The van der Waals surface area contributed by atoms with Crippen molar-refractivity contribution in [2.45, 2.75) is 32.4 Å². The van der Waals surface area contributed by atoms with Crippen LogP contribution in [0.4, 0.5) is 5.69 Å². The number of nitrogens with zero attached hydrogens (tertiary/aromatic N) is 4. The van der Waals surface area contributed by atoms with Gasteiger partial charge >= 0.3 is 0 Å². The summed E-state index contributed by atoms with van der Waals surface area (Å²) in [5.74, 6) is -0.167. The molecular weight excluding hydrogens is 332 g/mol. The molecule has 0 N–H and O–H groups in total. The topological polar surface area (TPSA) is 80.8 Å². The number of benzene rings is 1. The molecule has 1 saturated carbocycles. The number of amides is 1. The van der Waals surface area contributed by atoms with Gasteiger partial charge < -0.3 is 9.30 Å². The molecule has 1 fully saturated rings. The number of nitro benzene ring substituents is 1. The Labute approximate surface area is 150 Å². The van der Waals surface area contributed by atoms with E-state index < -0.39 is 4.92 Å². The van der Waals surface area contributed by atoms with Gasteiger partial charge in [0.2, 0.25) is 0 Å². The molecule has 0 radical (unpaired) electrons. The van der Waals surface area contributed by atoms with Gasteiger partial charge in [-0.15, -0.1) is 0 Å². The van der Waals surface area contributed by atoms with Crippen LogP contribution in [-0.2, 0) is 6.54 Å². The van der Waals surface area contributed by atoms with Gasteiger partial charge in [0.1, 0.15) is 5.65 Å². The van der Waals surface area contributed by atoms with Crippen LogP contribution >= 0.6 is 0 Å². The number of aromatic nitrogens is 2.